The van der Waals surface area contributed by atoms with Crippen molar-refractivity contribution in [2.24, 2.45) is 5.73 Å². The van der Waals surface area contributed by atoms with Gasteiger partial charge in [0, 0.05) is 23.3 Å². The van der Waals surface area contributed by atoms with Crippen LogP contribution in [0.4, 0.5) is 5.82 Å². The van der Waals surface area contributed by atoms with Gasteiger partial charge in [-0.2, -0.15) is 0 Å². The quantitative estimate of drug-likeness (QED) is 0.401. The fourth-order valence-electron chi connectivity index (χ4n) is 3.73. The van der Waals surface area contributed by atoms with Gasteiger partial charge in [0.25, 0.3) is 5.91 Å². The number of carbonyl (C=O) groups is 1. The monoisotopic (exact) mass is 448 g/mol. The molecule has 3 aromatic heterocycles. The van der Waals surface area contributed by atoms with Crippen molar-refractivity contribution in [3.8, 4) is 23.1 Å². The summed E-state index contributed by atoms with van der Waals surface area (Å²) in [6, 6.07) is 20.5. The van der Waals surface area contributed by atoms with E-state index in [0.29, 0.717) is 5.65 Å². The first-order chi connectivity index (χ1) is 16.5. The van der Waals surface area contributed by atoms with Crippen LogP contribution in [0.2, 0.25) is 0 Å². The van der Waals surface area contributed by atoms with Crippen LogP contribution in [0, 0.1) is 11.8 Å². The van der Waals surface area contributed by atoms with E-state index in [1.165, 1.54) is 10.1 Å². The number of amides is 1. The van der Waals surface area contributed by atoms with Crippen molar-refractivity contribution < 1.29 is 4.79 Å². The maximum atomic E-state index is 10.9. The summed E-state index contributed by atoms with van der Waals surface area (Å²) in [4.78, 5) is 19.8. The lowest BCUT2D eigenvalue weighted by Crippen LogP contribution is -2.12. The van der Waals surface area contributed by atoms with E-state index in [-0.39, 0.29) is 11.4 Å². The number of anilines is 1. The van der Waals surface area contributed by atoms with Crippen LogP contribution >= 0.6 is 0 Å². The Balaban J connectivity index is 0.000000180. The second kappa shape index (κ2) is 9.84. The van der Waals surface area contributed by atoms with Crippen LogP contribution in [-0.4, -0.2) is 25.5 Å². The Morgan fingerprint density at radius 2 is 1.88 bits per heavy atom. The first-order valence-electron chi connectivity index (χ1n) is 10.8. The SMILES string of the molecule is CC#Cc1cccc2cc(CC)c(-c3ccccc3)nc12.NC(=O)c1c(N)nn2cccnc12. The molecule has 0 atom stereocenters. The van der Waals surface area contributed by atoms with E-state index in [4.69, 9.17) is 16.5 Å². The normalized spacial score (nSPS) is 10.3. The smallest absolute Gasteiger partial charge is 0.256 e. The Morgan fingerprint density at radius 1 is 1.09 bits per heavy atom. The Hall–Kier alpha value is -4.70. The standard InChI is InChI=1S/C20H17N.C7H7N5O/c1-3-9-16-12-8-13-18-14-15(4-2)19(21-20(16)18)17-10-6-5-7-11-17;8-5-4(6(9)13)7-10-2-1-3-12(7)11-5/h5-8,10-14H,4H2,1-2H3;1-3H,(H2,8,11)(H2,9,13). The third-order valence-electron chi connectivity index (χ3n) is 5.28. The van der Waals surface area contributed by atoms with Crippen molar-refractivity contribution >= 4 is 28.3 Å². The van der Waals surface area contributed by atoms with Crippen molar-refractivity contribution in [2.75, 3.05) is 5.73 Å². The molecule has 5 rings (SSSR count). The molecule has 0 aliphatic rings. The largest absolute Gasteiger partial charge is 0.381 e. The van der Waals surface area contributed by atoms with Gasteiger partial charge < -0.3 is 11.5 Å². The number of rotatable bonds is 3. The lowest BCUT2D eigenvalue weighted by atomic mass is 10.00. The zero-order valence-electron chi connectivity index (χ0n) is 19.0. The van der Waals surface area contributed by atoms with Crippen LogP contribution in [-0.2, 0) is 6.42 Å². The second-order valence-corrected chi connectivity index (χ2v) is 7.48. The maximum Gasteiger partial charge on any atom is 0.256 e. The van der Waals surface area contributed by atoms with Crippen molar-refractivity contribution in [2.45, 2.75) is 20.3 Å². The molecule has 34 heavy (non-hydrogen) atoms. The van der Waals surface area contributed by atoms with Crippen LogP contribution in [0.15, 0.2) is 73.1 Å². The van der Waals surface area contributed by atoms with Crippen molar-refractivity contribution in [3.63, 3.8) is 0 Å². The van der Waals surface area contributed by atoms with E-state index in [0.717, 1.165) is 34.1 Å². The van der Waals surface area contributed by atoms with Crippen LogP contribution in [0.5, 0.6) is 0 Å². The van der Waals surface area contributed by atoms with Gasteiger partial charge in [-0.3, -0.25) is 4.79 Å². The summed E-state index contributed by atoms with van der Waals surface area (Å²) >= 11 is 0. The minimum atomic E-state index is -0.619. The number of nitrogens with zero attached hydrogens (tertiary/aromatic N) is 4. The van der Waals surface area contributed by atoms with Gasteiger partial charge in [-0.05, 0) is 37.1 Å². The van der Waals surface area contributed by atoms with Crippen molar-refractivity contribution in [1.82, 2.24) is 19.6 Å². The number of primary amides is 1. The molecule has 2 aromatic carbocycles. The van der Waals surface area contributed by atoms with Gasteiger partial charge >= 0.3 is 0 Å². The van der Waals surface area contributed by atoms with Gasteiger partial charge in [-0.15, -0.1) is 11.0 Å². The number of hydrogen-bond acceptors (Lipinski definition) is 5. The number of nitrogen functional groups attached to an aromatic ring is 1. The maximum absolute atomic E-state index is 10.9. The van der Waals surface area contributed by atoms with Gasteiger partial charge in [-0.25, -0.2) is 14.5 Å². The second-order valence-electron chi connectivity index (χ2n) is 7.48. The molecule has 1 amide bonds. The number of para-hydroxylation sites is 1. The molecule has 0 bridgehead atoms. The number of nitrogens with two attached hydrogens (primary N) is 2. The zero-order valence-corrected chi connectivity index (χ0v) is 19.0. The number of aryl methyl sites for hydroxylation is 1. The fourth-order valence-corrected chi connectivity index (χ4v) is 3.73. The average molecular weight is 449 g/mol. The van der Waals surface area contributed by atoms with Crippen LogP contribution in [0.25, 0.3) is 27.8 Å². The summed E-state index contributed by atoms with van der Waals surface area (Å²) < 4.78 is 1.41. The highest BCUT2D eigenvalue weighted by Gasteiger charge is 2.15. The summed E-state index contributed by atoms with van der Waals surface area (Å²) in [5.41, 5.74) is 16.6. The van der Waals surface area contributed by atoms with E-state index in [2.05, 4.69) is 65.2 Å². The average Bonchev–Trinajstić information content (AvgIpc) is 3.20. The molecule has 0 spiro atoms. The molecular formula is C27H24N6O. The van der Waals surface area contributed by atoms with Gasteiger partial charge in [0.1, 0.15) is 5.56 Å². The van der Waals surface area contributed by atoms with E-state index in [9.17, 15) is 4.79 Å². The van der Waals surface area contributed by atoms with Gasteiger partial charge in [0.2, 0.25) is 0 Å². The molecule has 0 aliphatic heterocycles. The molecular weight excluding hydrogens is 424 g/mol. The predicted octanol–water partition coefficient (Wildman–Crippen LogP) is 4.25. The summed E-state index contributed by atoms with van der Waals surface area (Å²) in [5.74, 6) is 5.61. The van der Waals surface area contributed by atoms with Crippen LogP contribution < -0.4 is 11.5 Å². The predicted molar refractivity (Wildman–Crippen MR) is 135 cm³/mol. The minimum absolute atomic E-state index is 0.103. The first kappa shape index (κ1) is 22.5. The molecule has 0 radical (unpaired) electrons. The molecule has 168 valence electrons. The summed E-state index contributed by atoms with van der Waals surface area (Å²) in [6.45, 7) is 4.03. The zero-order chi connectivity index (χ0) is 24.1. The van der Waals surface area contributed by atoms with E-state index in [1.807, 2.05) is 25.1 Å². The molecule has 7 heteroatoms. The number of benzene rings is 2. The van der Waals surface area contributed by atoms with Gasteiger partial charge in [0.15, 0.2) is 11.5 Å². The highest BCUT2D eigenvalue weighted by molar-refractivity contribution is 6.03. The lowest BCUT2D eigenvalue weighted by molar-refractivity contribution is 0.100. The first-order valence-corrected chi connectivity index (χ1v) is 10.8. The minimum Gasteiger partial charge on any atom is -0.381 e. The molecule has 3 heterocycles. The van der Waals surface area contributed by atoms with Gasteiger partial charge in [0.05, 0.1) is 16.8 Å². The van der Waals surface area contributed by atoms with E-state index in [1.54, 1.807) is 18.5 Å². The molecule has 0 saturated carbocycles. The molecule has 0 saturated heterocycles. The highest BCUT2D eigenvalue weighted by atomic mass is 16.1. The number of carbonyl (C=O) groups excluding carboxylic acids is 1. The van der Waals surface area contributed by atoms with E-state index >= 15 is 0 Å². The van der Waals surface area contributed by atoms with Gasteiger partial charge in [-0.1, -0.05) is 55.3 Å². The molecule has 7 nitrogen and oxygen atoms in total. The molecule has 0 aliphatic carbocycles. The number of hydrogen-bond donors (Lipinski definition) is 2. The Labute approximate surface area is 197 Å². The topological polar surface area (TPSA) is 112 Å². The van der Waals surface area contributed by atoms with Crippen molar-refractivity contribution in [3.05, 3.63) is 89.7 Å². The summed E-state index contributed by atoms with van der Waals surface area (Å²) in [5, 5.41) is 5.02. The Kier molecular flexibility index (Phi) is 6.51. The number of pyridine rings is 1. The Morgan fingerprint density at radius 3 is 2.59 bits per heavy atom. The number of fused-ring (bicyclic) bond motifs is 2. The summed E-state index contributed by atoms with van der Waals surface area (Å²) in [6.07, 6.45) is 4.16. The van der Waals surface area contributed by atoms with Crippen LogP contribution in [0.1, 0.15) is 35.3 Å². The lowest BCUT2D eigenvalue weighted by Gasteiger charge is -2.10. The third kappa shape index (κ3) is 4.43. The summed E-state index contributed by atoms with van der Waals surface area (Å²) in [7, 11) is 0. The molecule has 4 N–H and O–H groups in total. The number of aromatic nitrogens is 4. The van der Waals surface area contributed by atoms with E-state index < -0.39 is 5.91 Å². The van der Waals surface area contributed by atoms with Crippen molar-refractivity contribution in [1.29, 1.82) is 0 Å². The highest BCUT2D eigenvalue weighted by Crippen LogP contribution is 2.27. The molecule has 5 aromatic rings. The Bertz CT molecular complexity index is 1540. The third-order valence-corrected chi connectivity index (χ3v) is 5.28. The van der Waals surface area contributed by atoms with Crippen LogP contribution in [0.3, 0.4) is 0 Å². The molecule has 0 fully saturated rings. The molecule has 0 unspecified atom stereocenters. The fraction of sp³-hybridized carbons (Fsp3) is 0.111.